The van der Waals surface area contributed by atoms with E-state index in [9.17, 15) is 13.2 Å². The average molecular weight is 294 g/mol. The third-order valence-corrected chi connectivity index (χ3v) is 5.08. The molecular formula is C11H19FN2O4S. The number of hydrazine groups is 1. The second-order valence-corrected chi connectivity index (χ2v) is 6.27. The molecule has 0 aromatic rings. The highest BCUT2D eigenvalue weighted by molar-refractivity contribution is 7.76. The van der Waals surface area contributed by atoms with Crippen LogP contribution in [0.2, 0.25) is 0 Å². The van der Waals surface area contributed by atoms with Gasteiger partial charge in [0, 0.05) is 37.8 Å². The highest BCUT2D eigenvalue weighted by Crippen LogP contribution is 2.37. The minimum Gasteiger partial charge on any atom is -0.381 e. The topological polar surface area (TPSA) is 62.2 Å². The molecule has 6 nitrogen and oxygen atoms in total. The molecule has 8 heteroatoms. The van der Waals surface area contributed by atoms with Crippen LogP contribution in [0.5, 0.6) is 0 Å². The lowest BCUT2D eigenvalue weighted by molar-refractivity contribution is -0.147. The molecule has 0 bridgehead atoms. The van der Waals surface area contributed by atoms with Crippen molar-refractivity contribution < 1.29 is 22.6 Å². The first kappa shape index (κ1) is 13.8. The largest absolute Gasteiger partial charge is 0.381 e. The van der Waals surface area contributed by atoms with Crippen LogP contribution in [0.15, 0.2) is 0 Å². The summed E-state index contributed by atoms with van der Waals surface area (Å²) < 4.78 is 47.6. The lowest BCUT2D eigenvalue weighted by Crippen LogP contribution is -2.57. The van der Waals surface area contributed by atoms with Gasteiger partial charge in [0.15, 0.2) is 5.79 Å². The summed E-state index contributed by atoms with van der Waals surface area (Å²) in [5.74, 6) is -1.10. The third kappa shape index (κ3) is 2.57. The fourth-order valence-corrected chi connectivity index (χ4v) is 3.97. The highest BCUT2D eigenvalue weighted by Gasteiger charge is 2.49. The average Bonchev–Trinajstić information content (AvgIpc) is 2.89. The standard InChI is InChI=1S/C11H19FN2O4S/c12-11(1-3-17-4-2-11)14(19(15)16)13-5-9-7-18-8-10(9)6-13/h9-10H,1-8H2,(H,15,16). The highest BCUT2D eigenvalue weighted by atomic mass is 32.2. The number of hydrogen-bond donors (Lipinski definition) is 1. The van der Waals surface area contributed by atoms with Crippen LogP contribution in [0.4, 0.5) is 4.39 Å². The van der Waals surface area contributed by atoms with Gasteiger partial charge in [-0.1, -0.05) is 4.41 Å². The molecule has 1 N–H and O–H groups in total. The van der Waals surface area contributed by atoms with Gasteiger partial charge in [0.25, 0.3) is 11.3 Å². The Kier molecular flexibility index (Phi) is 3.89. The zero-order valence-corrected chi connectivity index (χ0v) is 11.5. The molecule has 3 unspecified atom stereocenters. The van der Waals surface area contributed by atoms with Gasteiger partial charge >= 0.3 is 0 Å². The quantitative estimate of drug-likeness (QED) is 0.603. The van der Waals surface area contributed by atoms with Gasteiger partial charge in [-0.3, -0.25) is 4.55 Å². The fraction of sp³-hybridized carbons (Fsp3) is 1.00. The molecule has 3 atom stereocenters. The summed E-state index contributed by atoms with van der Waals surface area (Å²) in [7, 11) is 0. The lowest BCUT2D eigenvalue weighted by Gasteiger charge is -2.41. The number of halogens is 1. The van der Waals surface area contributed by atoms with Crippen molar-refractivity contribution in [1.82, 2.24) is 9.42 Å². The maximum absolute atomic E-state index is 14.9. The van der Waals surface area contributed by atoms with Gasteiger partial charge in [-0.05, 0) is 0 Å². The maximum Gasteiger partial charge on any atom is 0.252 e. The molecule has 3 fully saturated rings. The number of hydrogen-bond acceptors (Lipinski definition) is 4. The number of alkyl halides is 1. The van der Waals surface area contributed by atoms with E-state index in [-0.39, 0.29) is 26.1 Å². The van der Waals surface area contributed by atoms with Crippen molar-refractivity contribution in [3.63, 3.8) is 0 Å². The van der Waals surface area contributed by atoms with Gasteiger partial charge in [0.1, 0.15) is 0 Å². The van der Waals surface area contributed by atoms with Crippen LogP contribution in [0.25, 0.3) is 0 Å². The lowest BCUT2D eigenvalue weighted by atomic mass is 10.0. The first-order valence-electron chi connectivity index (χ1n) is 6.60. The fourth-order valence-electron chi connectivity index (χ4n) is 3.18. The van der Waals surface area contributed by atoms with Crippen LogP contribution in [0.1, 0.15) is 12.8 Å². The Labute approximate surface area is 114 Å². The van der Waals surface area contributed by atoms with Crippen molar-refractivity contribution >= 4 is 11.3 Å². The van der Waals surface area contributed by atoms with Crippen LogP contribution in [0.3, 0.4) is 0 Å². The van der Waals surface area contributed by atoms with Gasteiger partial charge in [-0.2, -0.15) is 0 Å². The molecule has 0 spiro atoms. The number of ether oxygens (including phenoxy) is 2. The molecule has 110 valence electrons. The predicted molar refractivity (Wildman–Crippen MR) is 65.9 cm³/mol. The molecule has 3 saturated heterocycles. The summed E-state index contributed by atoms with van der Waals surface area (Å²) in [5.41, 5.74) is 0. The molecule has 3 aliphatic rings. The van der Waals surface area contributed by atoms with Gasteiger partial charge in [-0.15, -0.1) is 0 Å². The summed E-state index contributed by atoms with van der Waals surface area (Å²) in [6, 6.07) is 0. The summed E-state index contributed by atoms with van der Waals surface area (Å²) in [4.78, 5) is 0. The molecule has 0 amide bonds. The predicted octanol–water partition coefficient (Wildman–Crippen LogP) is 0.394. The molecule has 0 aromatic carbocycles. The number of nitrogens with zero attached hydrogens (tertiary/aromatic N) is 2. The van der Waals surface area contributed by atoms with E-state index in [0.29, 0.717) is 38.1 Å². The molecule has 3 rings (SSSR count). The van der Waals surface area contributed by atoms with Crippen molar-refractivity contribution in [3.05, 3.63) is 0 Å². The van der Waals surface area contributed by atoms with Crippen LogP contribution in [0, 0.1) is 11.8 Å². The van der Waals surface area contributed by atoms with E-state index < -0.39 is 17.1 Å². The number of fused-ring (bicyclic) bond motifs is 1. The van der Waals surface area contributed by atoms with E-state index >= 15 is 0 Å². The van der Waals surface area contributed by atoms with Gasteiger partial charge in [0.05, 0.1) is 26.4 Å². The smallest absolute Gasteiger partial charge is 0.252 e. The molecule has 0 aromatic heterocycles. The first-order valence-corrected chi connectivity index (χ1v) is 7.67. The molecule has 0 aliphatic carbocycles. The second-order valence-electron chi connectivity index (χ2n) is 5.46. The van der Waals surface area contributed by atoms with Gasteiger partial charge < -0.3 is 9.47 Å². The Morgan fingerprint density at radius 2 is 1.79 bits per heavy atom. The molecule has 0 saturated carbocycles. The molecule has 0 radical (unpaired) electrons. The normalized spacial score (nSPS) is 36.6. The van der Waals surface area contributed by atoms with Crippen molar-refractivity contribution in [2.75, 3.05) is 39.5 Å². The maximum atomic E-state index is 14.9. The SMILES string of the molecule is O=S(O)N(N1CC2COCC2C1)C1(F)CCOCC1. The van der Waals surface area contributed by atoms with Crippen molar-refractivity contribution in [1.29, 1.82) is 0 Å². The Balaban J connectivity index is 1.76. The third-order valence-electron chi connectivity index (χ3n) is 4.23. The summed E-state index contributed by atoms with van der Waals surface area (Å²) in [6.07, 6.45) is 0.253. The molecular weight excluding hydrogens is 275 g/mol. The zero-order chi connectivity index (χ0) is 13.5. The van der Waals surface area contributed by atoms with E-state index in [2.05, 4.69) is 0 Å². The zero-order valence-electron chi connectivity index (χ0n) is 10.7. The Morgan fingerprint density at radius 1 is 1.21 bits per heavy atom. The monoisotopic (exact) mass is 294 g/mol. The molecule has 3 heterocycles. The second kappa shape index (κ2) is 5.34. The van der Waals surface area contributed by atoms with Crippen LogP contribution >= 0.6 is 0 Å². The van der Waals surface area contributed by atoms with E-state index in [0.717, 1.165) is 4.41 Å². The van der Waals surface area contributed by atoms with Crippen LogP contribution < -0.4 is 0 Å². The minimum absolute atomic E-state index is 0.127. The van der Waals surface area contributed by atoms with Crippen LogP contribution in [-0.2, 0) is 20.7 Å². The molecule has 3 aliphatic heterocycles. The molecule has 19 heavy (non-hydrogen) atoms. The van der Waals surface area contributed by atoms with Crippen LogP contribution in [-0.4, -0.2) is 63.5 Å². The van der Waals surface area contributed by atoms with Gasteiger partial charge in [0.2, 0.25) is 0 Å². The van der Waals surface area contributed by atoms with Crippen molar-refractivity contribution in [2.45, 2.75) is 18.6 Å². The van der Waals surface area contributed by atoms with E-state index in [1.807, 2.05) is 0 Å². The summed E-state index contributed by atoms with van der Waals surface area (Å²) in [6.45, 7) is 3.07. The summed E-state index contributed by atoms with van der Waals surface area (Å²) >= 11 is -2.35. The van der Waals surface area contributed by atoms with E-state index in [1.54, 1.807) is 5.01 Å². The van der Waals surface area contributed by atoms with Crippen molar-refractivity contribution in [3.8, 4) is 0 Å². The van der Waals surface area contributed by atoms with E-state index in [4.69, 9.17) is 9.47 Å². The van der Waals surface area contributed by atoms with Gasteiger partial charge in [-0.25, -0.2) is 13.6 Å². The van der Waals surface area contributed by atoms with Crippen molar-refractivity contribution in [2.24, 2.45) is 11.8 Å². The summed E-state index contributed by atoms with van der Waals surface area (Å²) in [5, 5.41) is 1.69. The Morgan fingerprint density at radius 3 is 2.32 bits per heavy atom. The minimum atomic E-state index is -2.35. The number of rotatable bonds is 3. The first-order chi connectivity index (χ1) is 9.10. The van der Waals surface area contributed by atoms with E-state index in [1.165, 1.54) is 0 Å². The Hall–Kier alpha value is -0.120. The Bertz CT molecular complexity index is 355.